The molecule has 2 rings (SSSR count). The Hall–Kier alpha value is -1.45. The van der Waals surface area contributed by atoms with Crippen LogP contribution in [0.3, 0.4) is 0 Å². The molecule has 0 atom stereocenters. The standard InChI is InChI=1S/C17H25NO6S2/c1-11-13(15(19)23-2)17(25-14(11)16(20)24-3)26(21,22)18-12-9-7-5-4-6-8-10-12/h12,18H,4-10H2,1-3H3. The minimum Gasteiger partial charge on any atom is -0.465 e. The van der Waals surface area contributed by atoms with Crippen LogP contribution in [0.2, 0.25) is 0 Å². The topological polar surface area (TPSA) is 98.8 Å². The molecule has 0 aromatic carbocycles. The Balaban J connectivity index is 2.40. The molecule has 0 bridgehead atoms. The zero-order valence-corrected chi connectivity index (χ0v) is 16.9. The molecule has 1 aliphatic rings. The van der Waals surface area contributed by atoms with Gasteiger partial charge in [-0.3, -0.25) is 0 Å². The molecule has 1 aromatic rings. The van der Waals surface area contributed by atoms with Crippen LogP contribution in [0.25, 0.3) is 0 Å². The summed E-state index contributed by atoms with van der Waals surface area (Å²) in [5.41, 5.74) is 0.156. The van der Waals surface area contributed by atoms with Gasteiger partial charge in [0.05, 0.1) is 19.8 Å². The number of hydrogen-bond donors (Lipinski definition) is 1. The third-order valence-corrected chi connectivity index (χ3v) is 7.86. The molecule has 146 valence electrons. The smallest absolute Gasteiger partial charge is 0.348 e. The van der Waals surface area contributed by atoms with E-state index in [9.17, 15) is 18.0 Å². The maximum absolute atomic E-state index is 13.0. The van der Waals surface area contributed by atoms with Crippen molar-refractivity contribution >= 4 is 33.3 Å². The first-order valence-corrected chi connectivity index (χ1v) is 10.9. The van der Waals surface area contributed by atoms with Gasteiger partial charge in [-0.2, -0.15) is 0 Å². The quantitative estimate of drug-likeness (QED) is 0.759. The van der Waals surface area contributed by atoms with Gasteiger partial charge >= 0.3 is 11.9 Å². The van der Waals surface area contributed by atoms with E-state index in [1.165, 1.54) is 27.6 Å². The second-order valence-electron chi connectivity index (χ2n) is 6.37. The lowest BCUT2D eigenvalue weighted by Crippen LogP contribution is -2.35. The lowest BCUT2D eigenvalue weighted by molar-refractivity contribution is 0.0596. The van der Waals surface area contributed by atoms with Gasteiger partial charge < -0.3 is 9.47 Å². The molecule has 1 heterocycles. The number of rotatable bonds is 5. The first kappa shape index (κ1) is 20.9. The minimum atomic E-state index is -3.96. The fourth-order valence-corrected chi connectivity index (χ4v) is 6.21. The first-order chi connectivity index (χ1) is 12.3. The van der Waals surface area contributed by atoms with E-state index in [2.05, 4.69) is 4.72 Å². The van der Waals surface area contributed by atoms with Crippen molar-refractivity contribution in [3.05, 3.63) is 16.0 Å². The predicted molar refractivity (Wildman–Crippen MR) is 98.2 cm³/mol. The molecule has 0 aliphatic heterocycles. The molecule has 1 N–H and O–H groups in total. The molecule has 0 unspecified atom stereocenters. The Labute approximate surface area is 158 Å². The van der Waals surface area contributed by atoms with Crippen LogP contribution in [0.15, 0.2) is 4.21 Å². The summed E-state index contributed by atoms with van der Waals surface area (Å²) in [6, 6.07) is -0.172. The Morgan fingerprint density at radius 1 is 1.00 bits per heavy atom. The van der Waals surface area contributed by atoms with E-state index >= 15 is 0 Å². The van der Waals surface area contributed by atoms with Crippen LogP contribution in [0.4, 0.5) is 0 Å². The van der Waals surface area contributed by atoms with E-state index in [-0.39, 0.29) is 26.3 Å². The third kappa shape index (κ3) is 4.63. The highest BCUT2D eigenvalue weighted by Crippen LogP contribution is 2.33. The van der Waals surface area contributed by atoms with Crippen LogP contribution in [0.1, 0.15) is 70.5 Å². The van der Waals surface area contributed by atoms with Gasteiger partial charge in [-0.15, -0.1) is 11.3 Å². The number of sulfonamides is 1. The van der Waals surface area contributed by atoms with Gasteiger partial charge in [-0.1, -0.05) is 32.1 Å². The fraction of sp³-hybridized carbons (Fsp3) is 0.647. The highest BCUT2D eigenvalue weighted by Gasteiger charge is 2.33. The average molecular weight is 404 g/mol. The number of thiophene rings is 1. The van der Waals surface area contributed by atoms with Gasteiger partial charge in [0.25, 0.3) is 10.0 Å². The Bertz CT molecular complexity index is 760. The Morgan fingerprint density at radius 3 is 2.08 bits per heavy atom. The van der Waals surface area contributed by atoms with Gasteiger partial charge in [-0.05, 0) is 25.3 Å². The largest absolute Gasteiger partial charge is 0.465 e. The molecule has 26 heavy (non-hydrogen) atoms. The molecule has 9 heteroatoms. The van der Waals surface area contributed by atoms with Crippen LogP contribution in [-0.4, -0.2) is 40.6 Å². The number of esters is 2. The number of carbonyl (C=O) groups is 2. The predicted octanol–water partition coefficient (Wildman–Crippen LogP) is 3.02. The van der Waals surface area contributed by atoms with Crippen molar-refractivity contribution in [3.63, 3.8) is 0 Å². The lowest BCUT2D eigenvalue weighted by atomic mass is 9.97. The van der Waals surface area contributed by atoms with E-state index in [1.807, 2.05) is 0 Å². The maximum atomic E-state index is 13.0. The summed E-state index contributed by atoms with van der Waals surface area (Å²) in [7, 11) is -1.57. The van der Waals surface area contributed by atoms with Crippen molar-refractivity contribution in [1.29, 1.82) is 0 Å². The van der Waals surface area contributed by atoms with Crippen molar-refractivity contribution in [3.8, 4) is 0 Å². The zero-order chi connectivity index (χ0) is 19.3. The molecule has 1 saturated carbocycles. The van der Waals surface area contributed by atoms with Crippen LogP contribution in [0.5, 0.6) is 0 Å². The third-order valence-electron chi connectivity index (χ3n) is 4.55. The average Bonchev–Trinajstić information content (AvgIpc) is 2.94. The summed E-state index contributed by atoms with van der Waals surface area (Å²) in [5.74, 6) is -1.46. The molecule has 7 nitrogen and oxygen atoms in total. The minimum absolute atomic E-state index is 0.0888. The number of ether oxygens (including phenoxy) is 2. The van der Waals surface area contributed by atoms with Crippen LogP contribution < -0.4 is 4.72 Å². The van der Waals surface area contributed by atoms with E-state index in [0.29, 0.717) is 0 Å². The number of carbonyl (C=O) groups excluding carboxylic acids is 2. The summed E-state index contributed by atoms with van der Waals surface area (Å²) >= 11 is 0.742. The first-order valence-electron chi connectivity index (χ1n) is 8.64. The summed E-state index contributed by atoms with van der Waals surface area (Å²) in [5, 5.41) is 0. The van der Waals surface area contributed by atoms with Gasteiger partial charge in [0.2, 0.25) is 0 Å². The monoisotopic (exact) mass is 403 g/mol. The van der Waals surface area contributed by atoms with Gasteiger partial charge in [-0.25, -0.2) is 22.7 Å². The van der Waals surface area contributed by atoms with Gasteiger partial charge in [0, 0.05) is 6.04 Å². The van der Waals surface area contributed by atoms with Crippen LogP contribution in [-0.2, 0) is 19.5 Å². The van der Waals surface area contributed by atoms with Crippen molar-refractivity contribution in [2.45, 2.75) is 62.1 Å². The summed E-state index contributed by atoms with van der Waals surface area (Å²) in [6.07, 6.45) is 6.83. The SMILES string of the molecule is COC(=O)c1sc(S(=O)(=O)NC2CCCCCCC2)c(C(=O)OC)c1C. The molecule has 1 fully saturated rings. The van der Waals surface area contributed by atoms with Gasteiger partial charge in [0.15, 0.2) is 4.21 Å². The van der Waals surface area contributed by atoms with E-state index in [1.54, 1.807) is 0 Å². The molecule has 1 aliphatic carbocycles. The molecule has 1 aromatic heterocycles. The number of methoxy groups -OCH3 is 2. The summed E-state index contributed by atoms with van der Waals surface area (Å²) in [4.78, 5) is 24.2. The maximum Gasteiger partial charge on any atom is 0.348 e. The second-order valence-corrected chi connectivity index (χ2v) is 9.29. The Kier molecular flexibility index (Phi) is 7.19. The van der Waals surface area contributed by atoms with Crippen molar-refractivity contribution in [1.82, 2.24) is 4.72 Å². The Morgan fingerprint density at radius 2 is 1.54 bits per heavy atom. The van der Waals surface area contributed by atoms with Crippen molar-refractivity contribution in [2.75, 3.05) is 14.2 Å². The molecule has 0 radical (unpaired) electrons. The molecule has 0 saturated heterocycles. The highest BCUT2D eigenvalue weighted by atomic mass is 32.2. The number of hydrogen-bond acceptors (Lipinski definition) is 7. The normalized spacial score (nSPS) is 16.6. The zero-order valence-electron chi connectivity index (χ0n) is 15.3. The molecule has 0 spiro atoms. The second kappa shape index (κ2) is 8.96. The summed E-state index contributed by atoms with van der Waals surface area (Å²) in [6.45, 7) is 1.52. The van der Waals surface area contributed by atoms with E-state index in [0.717, 1.165) is 49.9 Å². The number of nitrogens with one attached hydrogen (secondary N) is 1. The summed E-state index contributed by atoms with van der Waals surface area (Å²) < 4.78 is 37.9. The van der Waals surface area contributed by atoms with Crippen molar-refractivity contribution < 1.29 is 27.5 Å². The van der Waals surface area contributed by atoms with Crippen molar-refractivity contribution in [2.24, 2.45) is 0 Å². The highest BCUT2D eigenvalue weighted by molar-refractivity contribution is 7.91. The van der Waals surface area contributed by atoms with Gasteiger partial charge in [0.1, 0.15) is 4.88 Å². The fourth-order valence-electron chi connectivity index (χ4n) is 3.15. The van der Waals surface area contributed by atoms with Crippen LogP contribution in [0, 0.1) is 6.92 Å². The van der Waals surface area contributed by atoms with E-state index in [4.69, 9.17) is 9.47 Å². The van der Waals surface area contributed by atoms with Crippen LogP contribution >= 0.6 is 11.3 Å². The molecular formula is C17H25NO6S2. The molecule has 0 amide bonds. The molecular weight excluding hydrogens is 378 g/mol. The van der Waals surface area contributed by atoms with E-state index < -0.39 is 22.0 Å². The lowest BCUT2D eigenvalue weighted by Gasteiger charge is -2.20.